The number of rotatable bonds is 5. The van der Waals surface area contributed by atoms with Crippen LogP contribution in [0.15, 0.2) is 42.5 Å². The van der Waals surface area contributed by atoms with Crippen LogP contribution in [0.2, 0.25) is 10.0 Å². The van der Waals surface area contributed by atoms with Crippen LogP contribution in [0.1, 0.15) is 0 Å². The number of ether oxygens (including phenoxy) is 2. The molecule has 0 unspecified atom stereocenters. The Kier molecular flexibility index (Phi) is 4.77. The van der Waals surface area contributed by atoms with Crippen LogP contribution in [-0.2, 0) is 0 Å². The predicted octanol–water partition coefficient (Wildman–Crippen LogP) is 4.16. The van der Waals surface area contributed by atoms with Crippen LogP contribution in [0.25, 0.3) is 0 Å². The number of halogens is 2. The number of phenols is 1. The summed E-state index contributed by atoms with van der Waals surface area (Å²) in [5, 5.41) is 10.2. The van der Waals surface area contributed by atoms with Gasteiger partial charge in [-0.2, -0.15) is 0 Å². The standard InChI is InChI=1S/C14H12Cl2O3/c15-13-5-4-12(9-14(13)16)19-7-6-18-11-3-1-2-10(17)8-11/h1-5,8-9,17H,6-7H2. The average molecular weight is 299 g/mol. The second-order valence-corrected chi connectivity index (χ2v) is 4.58. The minimum Gasteiger partial charge on any atom is -0.508 e. The van der Waals surface area contributed by atoms with E-state index in [1.165, 1.54) is 0 Å². The molecule has 2 aromatic rings. The molecule has 0 amide bonds. The Morgan fingerprint density at radius 1 is 0.842 bits per heavy atom. The van der Waals surface area contributed by atoms with Gasteiger partial charge in [-0.25, -0.2) is 0 Å². The summed E-state index contributed by atoms with van der Waals surface area (Å²) in [6.45, 7) is 0.733. The molecule has 19 heavy (non-hydrogen) atoms. The van der Waals surface area contributed by atoms with Crippen molar-refractivity contribution < 1.29 is 14.6 Å². The summed E-state index contributed by atoms with van der Waals surface area (Å²) in [7, 11) is 0. The molecular weight excluding hydrogens is 287 g/mol. The molecule has 1 N–H and O–H groups in total. The van der Waals surface area contributed by atoms with Crippen molar-refractivity contribution in [3.8, 4) is 17.2 Å². The summed E-state index contributed by atoms with van der Waals surface area (Å²) in [5.74, 6) is 1.40. The third-order valence-corrected chi connectivity index (χ3v) is 3.07. The van der Waals surface area contributed by atoms with E-state index in [0.717, 1.165) is 0 Å². The Morgan fingerprint density at radius 3 is 2.16 bits per heavy atom. The predicted molar refractivity (Wildman–Crippen MR) is 75.6 cm³/mol. The minimum atomic E-state index is 0.169. The van der Waals surface area contributed by atoms with E-state index >= 15 is 0 Å². The molecule has 0 bridgehead atoms. The van der Waals surface area contributed by atoms with Gasteiger partial charge in [0, 0.05) is 12.1 Å². The first-order valence-electron chi connectivity index (χ1n) is 5.65. The maximum Gasteiger partial charge on any atom is 0.123 e. The molecule has 0 aliphatic rings. The van der Waals surface area contributed by atoms with Crippen molar-refractivity contribution >= 4 is 23.2 Å². The Balaban J connectivity index is 1.79. The quantitative estimate of drug-likeness (QED) is 0.843. The SMILES string of the molecule is Oc1cccc(OCCOc2ccc(Cl)c(Cl)c2)c1. The van der Waals surface area contributed by atoms with E-state index in [1.54, 1.807) is 42.5 Å². The lowest BCUT2D eigenvalue weighted by atomic mass is 10.3. The first-order valence-corrected chi connectivity index (χ1v) is 6.40. The molecule has 100 valence electrons. The van der Waals surface area contributed by atoms with E-state index in [9.17, 15) is 5.11 Å². The molecule has 0 saturated heterocycles. The zero-order valence-electron chi connectivity index (χ0n) is 9.98. The van der Waals surface area contributed by atoms with E-state index < -0.39 is 0 Å². The fraction of sp³-hybridized carbons (Fsp3) is 0.143. The van der Waals surface area contributed by atoms with Crippen LogP contribution in [-0.4, -0.2) is 18.3 Å². The zero-order valence-corrected chi connectivity index (χ0v) is 11.5. The average Bonchev–Trinajstić information content (AvgIpc) is 2.39. The lowest BCUT2D eigenvalue weighted by Gasteiger charge is -2.09. The summed E-state index contributed by atoms with van der Waals surface area (Å²) < 4.78 is 10.9. The van der Waals surface area contributed by atoms with E-state index in [0.29, 0.717) is 34.8 Å². The Hall–Kier alpha value is -1.58. The minimum absolute atomic E-state index is 0.169. The van der Waals surface area contributed by atoms with Crippen molar-refractivity contribution in [1.82, 2.24) is 0 Å². The molecule has 0 saturated carbocycles. The van der Waals surface area contributed by atoms with Gasteiger partial charge in [0.25, 0.3) is 0 Å². The molecule has 0 heterocycles. The van der Waals surface area contributed by atoms with Gasteiger partial charge in [-0.3, -0.25) is 0 Å². The number of hydrogen-bond acceptors (Lipinski definition) is 3. The van der Waals surface area contributed by atoms with Gasteiger partial charge in [0.05, 0.1) is 10.0 Å². The maximum absolute atomic E-state index is 9.27. The number of hydrogen-bond donors (Lipinski definition) is 1. The van der Waals surface area contributed by atoms with Crippen molar-refractivity contribution in [3.05, 3.63) is 52.5 Å². The van der Waals surface area contributed by atoms with E-state index in [2.05, 4.69) is 0 Å². The second-order valence-electron chi connectivity index (χ2n) is 3.77. The van der Waals surface area contributed by atoms with Crippen LogP contribution in [0.5, 0.6) is 17.2 Å². The number of aromatic hydroxyl groups is 1. The van der Waals surface area contributed by atoms with Crippen molar-refractivity contribution in [2.75, 3.05) is 13.2 Å². The molecule has 2 rings (SSSR count). The number of phenolic OH excluding ortho intramolecular Hbond substituents is 1. The molecule has 3 nitrogen and oxygen atoms in total. The molecule has 5 heteroatoms. The first kappa shape index (κ1) is 13.8. The monoisotopic (exact) mass is 298 g/mol. The molecule has 0 aliphatic carbocycles. The summed E-state index contributed by atoms with van der Waals surface area (Å²) in [6, 6.07) is 11.7. The van der Waals surface area contributed by atoms with Gasteiger partial charge in [-0.15, -0.1) is 0 Å². The Labute approximate surface area is 121 Å². The van der Waals surface area contributed by atoms with Gasteiger partial charge in [0.2, 0.25) is 0 Å². The van der Waals surface area contributed by atoms with Crippen molar-refractivity contribution in [3.63, 3.8) is 0 Å². The van der Waals surface area contributed by atoms with Gasteiger partial charge >= 0.3 is 0 Å². The van der Waals surface area contributed by atoms with Gasteiger partial charge in [0.15, 0.2) is 0 Å². The molecule has 0 radical (unpaired) electrons. The molecule has 0 atom stereocenters. The lowest BCUT2D eigenvalue weighted by Crippen LogP contribution is -2.08. The smallest absolute Gasteiger partial charge is 0.123 e. The highest BCUT2D eigenvalue weighted by Crippen LogP contribution is 2.26. The largest absolute Gasteiger partial charge is 0.508 e. The number of benzene rings is 2. The van der Waals surface area contributed by atoms with Gasteiger partial charge in [0.1, 0.15) is 30.5 Å². The molecule has 2 aromatic carbocycles. The van der Waals surface area contributed by atoms with Gasteiger partial charge < -0.3 is 14.6 Å². The highest BCUT2D eigenvalue weighted by molar-refractivity contribution is 6.42. The highest BCUT2D eigenvalue weighted by atomic mass is 35.5. The lowest BCUT2D eigenvalue weighted by molar-refractivity contribution is 0.216. The van der Waals surface area contributed by atoms with Crippen LogP contribution in [0, 0.1) is 0 Å². The summed E-state index contributed by atoms with van der Waals surface area (Å²) in [6.07, 6.45) is 0. The topological polar surface area (TPSA) is 38.7 Å². The normalized spacial score (nSPS) is 10.2. The van der Waals surface area contributed by atoms with E-state index in [4.69, 9.17) is 32.7 Å². The molecule has 0 aliphatic heterocycles. The van der Waals surface area contributed by atoms with Gasteiger partial charge in [-0.05, 0) is 24.3 Å². The van der Waals surface area contributed by atoms with Crippen LogP contribution in [0.4, 0.5) is 0 Å². The highest BCUT2D eigenvalue weighted by Gasteiger charge is 2.00. The third kappa shape index (κ3) is 4.23. The van der Waals surface area contributed by atoms with Gasteiger partial charge in [-0.1, -0.05) is 29.3 Å². The first-order chi connectivity index (χ1) is 9.15. The zero-order chi connectivity index (χ0) is 13.7. The fourth-order valence-corrected chi connectivity index (χ4v) is 1.75. The van der Waals surface area contributed by atoms with Crippen LogP contribution in [0.3, 0.4) is 0 Å². The third-order valence-electron chi connectivity index (χ3n) is 2.33. The molecular formula is C14H12Cl2O3. The summed E-state index contributed by atoms with van der Waals surface area (Å²) in [5.41, 5.74) is 0. The maximum atomic E-state index is 9.27. The van der Waals surface area contributed by atoms with Crippen molar-refractivity contribution in [2.24, 2.45) is 0 Å². The Bertz CT molecular complexity index is 558. The van der Waals surface area contributed by atoms with E-state index in [-0.39, 0.29) is 5.75 Å². The van der Waals surface area contributed by atoms with E-state index in [1.807, 2.05) is 0 Å². The molecule has 0 fully saturated rings. The fourth-order valence-electron chi connectivity index (χ4n) is 1.46. The van der Waals surface area contributed by atoms with Crippen molar-refractivity contribution in [2.45, 2.75) is 0 Å². The Morgan fingerprint density at radius 2 is 1.53 bits per heavy atom. The molecule has 0 spiro atoms. The second kappa shape index (κ2) is 6.55. The summed E-state index contributed by atoms with van der Waals surface area (Å²) >= 11 is 11.7. The van der Waals surface area contributed by atoms with Crippen molar-refractivity contribution in [1.29, 1.82) is 0 Å². The summed E-state index contributed by atoms with van der Waals surface area (Å²) in [4.78, 5) is 0. The van der Waals surface area contributed by atoms with Crippen LogP contribution >= 0.6 is 23.2 Å². The molecule has 0 aromatic heterocycles. The van der Waals surface area contributed by atoms with Crippen LogP contribution < -0.4 is 9.47 Å².